The van der Waals surface area contributed by atoms with E-state index in [1.807, 2.05) is 72.8 Å². The number of para-hydroxylation sites is 9. The molecule has 3 aromatic heterocycles. The first-order chi connectivity index (χ1) is 28.3. The summed E-state index contributed by atoms with van der Waals surface area (Å²) in [7, 11) is 0. The first-order valence-electron chi connectivity index (χ1n) is 19.1. The summed E-state index contributed by atoms with van der Waals surface area (Å²) in [5, 5.41) is 0. The van der Waals surface area contributed by atoms with Crippen molar-refractivity contribution < 1.29 is 0 Å². The lowest BCUT2D eigenvalue weighted by Gasteiger charge is -2.15. The number of imidazole rings is 3. The zero-order chi connectivity index (χ0) is 38.0. The summed E-state index contributed by atoms with van der Waals surface area (Å²) in [5.74, 6) is 2.53. The van der Waals surface area contributed by atoms with E-state index in [1.54, 1.807) is 0 Å². The van der Waals surface area contributed by atoms with Gasteiger partial charge in [-0.3, -0.25) is 13.7 Å². The van der Waals surface area contributed by atoms with Crippen LogP contribution in [0.2, 0.25) is 0 Å². The van der Waals surface area contributed by atoms with Crippen molar-refractivity contribution in [1.29, 1.82) is 0 Å². The largest absolute Gasteiger partial charge is 0.292 e. The summed E-state index contributed by atoms with van der Waals surface area (Å²) in [6.45, 7) is 0. The molecular formula is C51H36N6. The van der Waals surface area contributed by atoms with E-state index in [0.29, 0.717) is 0 Å². The predicted molar refractivity (Wildman–Crippen MR) is 233 cm³/mol. The monoisotopic (exact) mass is 732 g/mol. The molecule has 270 valence electrons. The van der Waals surface area contributed by atoms with Crippen molar-refractivity contribution in [3.63, 3.8) is 0 Å². The Hall–Kier alpha value is -7.83. The van der Waals surface area contributed by atoms with Gasteiger partial charge in [0, 0.05) is 33.8 Å². The molecule has 0 N–H and O–H groups in total. The quantitative estimate of drug-likeness (QED) is 0.171. The van der Waals surface area contributed by atoms with Crippen LogP contribution in [-0.2, 0) is 0 Å². The highest BCUT2D eigenvalue weighted by Crippen LogP contribution is 2.38. The van der Waals surface area contributed by atoms with E-state index in [0.717, 1.165) is 84.3 Å². The van der Waals surface area contributed by atoms with E-state index >= 15 is 0 Å². The van der Waals surface area contributed by atoms with Gasteiger partial charge in [0.25, 0.3) is 0 Å². The highest BCUT2D eigenvalue weighted by Gasteiger charge is 2.22. The first-order valence-corrected chi connectivity index (χ1v) is 19.1. The first kappa shape index (κ1) is 33.7. The molecular weight excluding hydrogens is 697 g/mol. The number of hydrogen-bond acceptors (Lipinski definition) is 3. The molecule has 0 bridgehead atoms. The molecule has 0 aliphatic rings. The van der Waals surface area contributed by atoms with Crippen molar-refractivity contribution in [2.24, 2.45) is 0 Å². The van der Waals surface area contributed by atoms with Crippen LogP contribution >= 0.6 is 0 Å². The van der Waals surface area contributed by atoms with E-state index in [4.69, 9.17) is 15.0 Å². The van der Waals surface area contributed by atoms with Crippen LogP contribution in [0.15, 0.2) is 218 Å². The molecule has 0 amide bonds. The van der Waals surface area contributed by atoms with E-state index in [2.05, 4.69) is 159 Å². The number of hydrogen-bond donors (Lipinski definition) is 0. The summed E-state index contributed by atoms with van der Waals surface area (Å²) in [4.78, 5) is 15.9. The SMILES string of the molecule is c1ccc(-n2c(-c3cc(-c4nc5ccccc5n4-c4ccccc4)cc(-c4nc5ccccc5n4-c4ccccc4)c3)nc3ccccc32)cc1.c1ccccc1. The Morgan fingerprint density at radius 2 is 0.474 bits per heavy atom. The Labute approximate surface area is 330 Å². The van der Waals surface area contributed by atoms with Gasteiger partial charge in [0.05, 0.1) is 33.1 Å². The number of benzene rings is 8. The van der Waals surface area contributed by atoms with Gasteiger partial charge >= 0.3 is 0 Å². The van der Waals surface area contributed by atoms with Crippen molar-refractivity contribution in [2.45, 2.75) is 0 Å². The molecule has 6 nitrogen and oxygen atoms in total. The van der Waals surface area contributed by atoms with Crippen LogP contribution in [0.1, 0.15) is 0 Å². The summed E-state index contributed by atoms with van der Waals surface area (Å²) < 4.78 is 6.75. The van der Waals surface area contributed by atoms with E-state index < -0.39 is 0 Å². The molecule has 0 aliphatic heterocycles. The third-order valence-corrected chi connectivity index (χ3v) is 10.1. The van der Waals surface area contributed by atoms with Crippen molar-refractivity contribution in [3.05, 3.63) is 218 Å². The minimum atomic E-state index is 0.843. The molecule has 0 saturated heterocycles. The fourth-order valence-electron chi connectivity index (χ4n) is 7.57. The molecule has 0 radical (unpaired) electrons. The maximum Gasteiger partial charge on any atom is 0.145 e. The number of nitrogens with zero attached hydrogens (tertiary/aromatic N) is 6. The Balaban J connectivity index is 0.000000607. The Morgan fingerprint density at radius 1 is 0.246 bits per heavy atom. The van der Waals surface area contributed by atoms with Crippen LogP contribution in [-0.4, -0.2) is 28.7 Å². The molecule has 0 atom stereocenters. The third-order valence-electron chi connectivity index (χ3n) is 10.1. The summed E-state index contributed by atoms with van der Waals surface area (Å²) in [6, 6.07) is 75.0. The second-order valence-electron chi connectivity index (χ2n) is 13.7. The lowest BCUT2D eigenvalue weighted by atomic mass is 10.0. The maximum absolute atomic E-state index is 5.28. The zero-order valence-electron chi connectivity index (χ0n) is 31.0. The van der Waals surface area contributed by atoms with Gasteiger partial charge in [-0.05, 0) is 91.0 Å². The molecule has 3 heterocycles. The van der Waals surface area contributed by atoms with Gasteiger partial charge in [0.1, 0.15) is 17.5 Å². The lowest BCUT2D eigenvalue weighted by molar-refractivity contribution is 1.09. The molecule has 6 heteroatoms. The smallest absolute Gasteiger partial charge is 0.145 e. The molecule has 0 unspecified atom stereocenters. The summed E-state index contributed by atoms with van der Waals surface area (Å²) >= 11 is 0. The molecule has 57 heavy (non-hydrogen) atoms. The number of rotatable bonds is 6. The van der Waals surface area contributed by atoms with Crippen molar-refractivity contribution in [1.82, 2.24) is 28.7 Å². The minimum absolute atomic E-state index is 0.843. The van der Waals surface area contributed by atoms with Crippen LogP contribution in [0.5, 0.6) is 0 Å². The second kappa shape index (κ2) is 14.8. The molecule has 0 aliphatic carbocycles. The fourth-order valence-corrected chi connectivity index (χ4v) is 7.57. The van der Waals surface area contributed by atoms with Gasteiger partial charge in [-0.2, -0.15) is 0 Å². The van der Waals surface area contributed by atoms with Crippen molar-refractivity contribution in [3.8, 4) is 51.2 Å². The summed E-state index contributed by atoms with van der Waals surface area (Å²) in [6.07, 6.45) is 0. The van der Waals surface area contributed by atoms with Crippen LogP contribution in [0, 0.1) is 0 Å². The highest BCUT2D eigenvalue weighted by molar-refractivity contribution is 5.90. The molecule has 8 aromatic carbocycles. The van der Waals surface area contributed by atoms with Crippen LogP contribution in [0.25, 0.3) is 84.3 Å². The zero-order valence-corrected chi connectivity index (χ0v) is 31.0. The van der Waals surface area contributed by atoms with Crippen LogP contribution in [0.3, 0.4) is 0 Å². The van der Waals surface area contributed by atoms with E-state index in [9.17, 15) is 0 Å². The Morgan fingerprint density at radius 3 is 0.754 bits per heavy atom. The second-order valence-corrected chi connectivity index (χ2v) is 13.7. The minimum Gasteiger partial charge on any atom is -0.292 e. The van der Waals surface area contributed by atoms with E-state index in [1.165, 1.54) is 0 Å². The number of aromatic nitrogens is 6. The maximum atomic E-state index is 5.28. The van der Waals surface area contributed by atoms with E-state index in [-0.39, 0.29) is 0 Å². The van der Waals surface area contributed by atoms with Crippen LogP contribution < -0.4 is 0 Å². The fraction of sp³-hybridized carbons (Fsp3) is 0. The molecule has 0 fully saturated rings. The van der Waals surface area contributed by atoms with Gasteiger partial charge < -0.3 is 0 Å². The van der Waals surface area contributed by atoms with Gasteiger partial charge in [0.2, 0.25) is 0 Å². The third kappa shape index (κ3) is 6.35. The lowest BCUT2D eigenvalue weighted by Crippen LogP contribution is -2.02. The van der Waals surface area contributed by atoms with Gasteiger partial charge in [0.15, 0.2) is 0 Å². The topological polar surface area (TPSA) is 53.5 Å². The van der Waals surface area contributed by atoms with Crippen LogP contribution in [0.4, 0.5) is 0 Å². The summed E-state index contributed by atoms with van der Waals surface area (Å²) in [5.41, 5.74) is 11.9. The van der Waals surface area contributed by atoms with Crippen molar-refractivity contribution in [2.75, 3.05) is 0 Å². The highest BCUT2D eigenvalue weighted by atomic mass is 15.1. The Kier molecular flexibility index (Phi) is 8.74. The average molecular weight is 733 g/mol. The average Bonchev–Trinajstić information content (AvgIpc) is 4.00. The normalized spacial score (nSPS) is 11.2. The van der Waals surface area contributed by atoms with Gasteiger partial charge in [-0.15, -0.1) is 0 Å². The standard InChI is InChI=1S/C45H30N6.C6H6/c1-4-16-34(17-5-1)49-40-25-13-10-22-37(40)46-43(49)31-28-32(44-47-38-23-11-14-26-41(38)50(44)35-18-6-2-7-19-35)30-33(29-31)45-48-39-24-12-15-27-42(39)51(45)36-20-8-3-9-21-36;1-2-4-6-5-3-1/h1-30H;1-6H. The Bertz CT molecular complexity index is 2760. The van der Waals surface area contributed by atoms with Gasteiger partial charge in [-0.1, -0.05) is 127 Å². The molecule has 11 rings (SSSR count). The molecule has 0 saturated carbocycles. The molecule has 11 aromatic rings. The predicted octanol–water partition coefficient (Wildman–Crippen LogP) is 12.4. The van der Waals surface area contributed by atoms with Crippen molar-refractivity contribution >= 4 is 33.1 Å². The number of fused-ring (bicyclic) bond motifs is 3. The van der Waals surface area contributed by atoms with Gasteiger partial charge in [-0.25, -0.2) is 15.0 Å². The molecule has 0 spiro atoms.